The van der Waals surface area contributed by atoms with Crippen molar-refractivity contribution in [2.75, 3.05) is 0 Å². The number of alkyl halides is 3. The van der Waals surface area contributed by atoms with Gasteiger partial charge in [0.25, 0.3) is 0 Å². The number of carbonyl (C=O) groups excluding carboxylic acids is 1. The topological polar surface area (TPSA) is 75.3 Å². The maximum atomic E-state index is 13.2. The van der Waals surface area contributed by atoms with E-state index in [0.717, 1.165) is 29.8 Å². The lowest BCUT2D eigenvalue weighted by Crippen LogP contribution is -2.59. The lowest BCUT2D eigenvalue weighted by atomic mass is 9.57. The molecule has 0 unspecified atom stereocenters. The summed E-state index contributed by atoms with van der Waals surface area (Å²) in [4.78, 5) is 12.9. The Hall–Kier alpha value is -2.46. The Balaban J connectivity index is 1.41. The van der Waals surface area contributed by atoms with Gasteiger partial charge >= 0.3 is 6.18 Å². The molecule has 5 rings (SSSR count). The zero-order chi connectivity index (χ0) is 24.8. The van der Waals surface area contributed by atoms with Gasteiger partial charge in [0.15, 0.2) is 0 Å². The molecule has 0 radical (unpaired) electrons. The summed E-state index contributed by atoms with van der Waals surface area (Å²) in [7, 11) is -4.02. The number of nitrogens with one attached hydrogen (secondary N) is 2. The predicted molar refractivity (Wildman–Crippen MR) is 118 cm³/mol. The molecule has 34 heavy (non-hydrogen) atoms. The van der Waals surface area contributed by atoms with E-state index in [9.17, 15) is 30.8 Å². The quantitative estimate of drug-likeness (QED) is 0.545. The fourth-order valence-electron chi connectivity index (χ4n) is 5.03. The first kappa shape index (κ1) is 24.7. The van der Waals surface area contributed by atoms with Crippen molar-refractivity contribution in [2.24, 2.45) is 5.41 Å². The van der Waals surface area contributed by atoms with Gasteiger partial charge in [0.2, 0.25) is 15.9 Å². The van der Waals surface area contributed by atoms with Crippen LogP contribution in [0.15, 0.2) is 53.4 Å². The average Bonchev–Trinajstić information content (AvgIpc) is 2.79. The lowest BCUT2D eigenvalue weighted by molar-refractivity contribution is -0.139. The van der Waals surface area contributed by atoms with Crippen LogP contribution in [0, 0.1) is 11.2 Å². The third-order valence-corrected chi connectivity index (χ3v) is 8.88. The summed E-state index contributed by atoms with van der Waals surface area (Å²) in [5, 5.41) is 3.01. The number of hydrogen-bond acceptors (Lipinski definition) is 3. The third-order valence-electron chi connectivity index (χ3n) is 7.29. The van der Waals surface area contributed by atoms with Crippen molar-refractivity contribution < 1.29 is 30.8 Å². The number of rotatable bonds is 6. The molecule has 3 fully saturated rings. The number of hydrogen-bond donors (Lipinski definition) is 2. The largest absolute Gasteiger partial charge is 0.416 e. The van der Waals surface area contributed by atoms with Gasteiger partial charge in [-0.1, -0.05) is 12.1 Å². The fourth-order valence-corrected chi connectivity index (χ4v) is 6.52. The molecule has 2 aromatic carbocycles. The normalized spacial score (nSPS) is 25.7. The Labute approximate surface area is 196 Å². The molecule has 1 amide bonds. The number of amides is 1. The molecule has 3 aliphatic rings. The van der Waals surface area contributed by atoms with Crippen LogP contribution >= 0.6 is 0 Å². The number of fused-ring (bicyclic) bond motifs is 3. The molecule has 3 aliphatic carbocycles. The predicted octanol–water partition coefficient (Wildman–Crippen LogP) is 5.09. The van der Waals surface area contributed by atoms with Crippen LogP contribution in [-0.4, -0.2) is 19.9 Å². The molecular formula is C24H26F4N2O3S. The van der Waals surface area contributed by atoms with Crippen LogP contribution in [0.3, 0.4) is 0 Å². The molecule has 0 aliphatic heterocycles. The Morgan fingerprint density at radius 1 is 0.912 bits per heavy atom. The summed E-state index contributed by atoms with van der Waals surface area (Å²) >= 11 is 0. The van der Waals surface area contributed by atoms with Gasteiger partial charge < -0.3 is 5.32 Å². The highest BCUT2D eigenvalue weighted by atomic mass is 32.2. The van der Waals surface area contributed by atoms with Gasteiger partial charge in [0.1, 0.15) is 5.82 Å². The van der Waals surface area contributed by atoms with E-state index in [1.54, 1.807) is 12.1 Å². The first-order valence-corrected chi connectivity index (χ1v) is 12.6. The Bertz CT molecular complexity index is 1140. The molecule has 3 saturated carbocycles. The molecule has 2 bridgehead atoms. The molecular weight excluding hydrogens is 472 g/mol. The van der Waals surface area contributed by atoms with Gasteiger partial charge in [-0.2, -0.15) is 13.2 Å². The van der Waals surface area contributed by atoms with Gasteiger partial charge in [-0.05, 0) is 87.4 Å². The summed E-state index contributed by atoms with van der Waals surface area (Å²) < 4.78 is 80.0. The van der Waals surface area contributed by atoms with Gasteiger partial charge in [-0.3, -0.25) is 4.79 Å². The maximum Gasteiger partial charge on any atom is 0.416 e. The highest BCUT2D eigenvalue weighted by Crippen LogP contribution is 2.53. The van der Waals surface area contributed by atoms with Crippen LogP contribution in [0.5, 0.6) is 0 Å². The monoisotopic (exact) mass is 498 g/mol. The van der Waals surface area contributed by atoms with E-state index < -0.39 is 32.7 Å². The second-order valence-electron chi connectivity index (χ2n) is 9.43. The molecule has 1 atom stereocenters. The average molecular weight is 499 g/mol. The molecule has 0 aromatic heterocycles. The smallest absolute Gasteiger partial charge is 0.349 e. The summed E-state index contributed by atoms with van der Waals surface area (Å²) in [6, 6.07) is 9.07. The Morgan fingerprint density at radius 2 is 1.44 bits per heavy atom. The molecule has 10 heteroatoms. The minimum atomic E-state index is -4.54. The summed E-state index contributed by atoms with van der Waals surface area (Å²) in [6.45, 7) is 1.83. The van der Waals surface area contributed by atoms with Crippen LogP contribution in [-0.2, 0) is 21.0 Å². The van der Waals surface area contributed by atoms with Crippen LogP contribution in [0.25, 0.3) is 0 Å². The van der Waals surface area contributed by atoms with E-state index >= 15 is 0 Å². The van der Waals surface area contributed by atoms with E-state index in [1.165, 1.54) is 12.1 Å². The zero-order valence-electron chi connectivity index (χ0n) is 18.6. The van der Waals surface area contributed by atoms with Gasteiger partial charge in [0, 0.05) is 11.0 Å². The Morgan fingerprint density at radius 3 is 1.94 bits per heavy atom. The van der Waals surface area contributed by atoms with Crippen molar-refractivity contribution in [3.05, 3.63) is 65.5 Å². The maximum absolute atomic E-state index is 13.2. The summed E-state index contributed by atoms with van der Waals surface area (Å²) in [6.07, 6.45) is -1.64. The van der Waals surface area contributed by atoms with Crippen LogP contribution < -0.4 is 10.0 Å². The number of sulfonamides is 1. The minimum absolute atomic E-state index is 0.0942. The lowest BCUT2D eigenvalue weighted by Gasteiger charge is -2.52. The standard InChI is InChI=1S/C24H26F4N2O3S/c1-16(17-2-6-19(25)7-3-17)29-21(31)22-10-13-23(14-11-22,15-12-22)30-34(32,33)20-8-4-18(5-9-20)24(26,27)28/h2-9,16,30H,10-15H2,1H3,(H,29,31)/t16-,22?,23?/m1/s1. The van der Waals surface area contributed by atoms with E-state index in [4.69, 9.17) is 0 Å². The van der Waals surface area contributed by atoms with Crippen molar-refractivity contribution in [3.63, 3.8) is 0 Å². The zero-order valence-corrected chi connectivity index (χ0v) is 19.4. The molecule has 2 aromatic rings. The Kier molecular flexibility index (Phi) is 6.27. The SMILES string of the molecule is C[C@@H](NC(=O)C12CCC(NS(=O)(=O)c3ccc(C(F)(F)F)cc3)(CC1)CC2)c1ccc(F)cc1. The van der Waals surface area contributed by atoms with Crippen molar-refractivity contribution in [1.29, 1.82) is 0 Å². The van der Waals surface area contributed by atoms with Crippen molar-refractivity contribution in [2.45, 2.75) is 68.1 Å². The first-order valence-electron chi connectivity index (χ1n) is 11.1. The van der Waals surface area contributed by atoms with E-state index in [1.807, 2.05) is 6.92 Å². The molecule has 5 nitrogen and oxygen atoms in total. The van der Waals surface area contributed by atoms with E-state index in [2.05, 4.69) is 10.0 Å². The molecule has 0 saturated heterocycles. The summed E-state index contributed by atoms with van der Waals surface area (Å²) in [5.74, 6) is -0.446. The van der Waals surface area contributed by atoms with E-state index in [-0.39, 0.29) is 22.7 Å². The van der Waals surface area contributed by atoms with Gasteiger partial charge in [0.05, 0.1) is 16.5 Å². The van der Waals surface area contributed by atoms with Crippen LogP contribution in [0.4, 0.5) is 17.6 Å². The molecule has 0 heterocycles. The second kappa shape index (κ2) is 8.64. The number of carbonyl (C=O) groups is 1. The fraction of sp³-hybridized carbons (Fsp3) is 0.458. The first-order chi connectivity index (χ1) is 15.8. The van der Waals surface area contributed by atoms with Gasteiger partial charge in [-0.15, -0.1) is 0 Å². The van der Waals surface area contributed by atoms with Crippen molar-refractivity contribution >= 4 is 15.9 Å². The van der Waals surface area contributed by atoms with E-state index in [0.29, 0.717) is 38.5 Å². The minimum Gasteiger partial charge on any atom is -0.349 e. The van der Waals surface area contributed by atoms with Gasteiger partial charge in [-0.25, -0.2) is 17.5 Å². The number of halogens is 4. The second-order valence-corrected chi connectivity index (χ2v) is 11.1. The highest BCUT2D eigenvalue weighted by Gasteiger charge is 2.53. The number of benzene rings is 2. The molecule has 0 spiro atoms. The summed E-state index contributed by atoms with van der Waals surface area (Å²) in [5.41, 5.74) is -1.43. The van der Waals surface area contributed by atoms with Crippen LogP contribution in [0.2, 0.25) is 0 Å². The molecule has 2 N–H and O–H groups in total. The third kappa shape index (κ3) is 4.84. The van der Waals surface area contributed by atoms with Crippen molar-refractivity contribution in [1.82, 2.24) is 10.0 Å². The van der Waals surface area contributed by atoms with Crippen LogP contribution in [0.1, 0.15) is 62.6 Å². The molecule has 184 valence electrons. The highest BCUT2D eigenvalue weighted by molar-refractivity contribution is 7.89. The van der Waals surface area contributed by atoms with Crippen molar-refractivity contribution in [3.8, 4) is 0 Å².